The van der Waals surface area contributed by atoms with Gasteiger partial charge in [0.15, 0.2) is 0 Å². The number of hydrogen-bond acceptors (Lipinski definition) is 4. The van der Waals surface area contributed by atoms with Crippen LogP contribution in [0.25, 0.3) is 0 Å². The van der Waals surface area contributed by atoms with Crippen LogP contribution >= 0.6 is 0 Å². The molecule has 0 radical (unpaired) electrons. The smallest absolute Gasteiger partial charge is 0.258 e. The molecule has 0 aliphatic heterocycles. The fourth-order valence-corrected chi connectivity index (χ4v) is 2.71. The van der Waals surface area contributed by atoms with Gasteiger partial charge in [0.1, 0.15) is 0 Å². The van der Waals surface area contributed by atoms with E-state index < -0.39 is 0 Å². The molecule has 32 heavy (non-hydrogen) atoms. The topological polar surface area (TPSA) is 49.3 Å². The predicted molar refractivity (Wildman–Crippen MR) is 139 cm³/mol. The normalized spacial score (nSPS) is 9.06. The van der Waals surface area contributed by atoms with Crippen molar-refractivity contribution in [3.63, 3.8) is 0 Å². The Morgan fingerprint density at radius 2 is 1.38 bits per heavy atom. The molecule has 5 heteroatoms. The molecule has 1 aromatic heterocycles. The highest BCUT2D eigenvalue weighted by Gasteiger charge is 2.15. The van der Waals surface area contributed by atoms with Crippen LogP contribution in [0.4, 0.5) is 17.3 Å². The molecule has 5 nitrogen and oxygen atoms in total. The zero-order valence-electron chi connectivity index (χ0n) is 21.5. The Bertz CT molecular complexity index is 940. The standard InChI is InChI=1S/C21H22N4O.3C2H6/c1-15-7-5-9-18(13-15)24(3)20(26)17-8-6-10-19(14-17)25(4)21-22-12-11-16(2)23-21;3*1-2/h5-14H,1-4H3;3*1-2H3. The maximum atomic E-state index is 12.9. The van der Waals surface area contributed by atoms with E-state index in [0.29, 0.717) is 11.5 Å². The van der Waals surface area contributed by atoms with Crippen LogP contribution in [0.5, 0.6) is 0 Å². The van der Waals surface area contributed by atoms with Crippen LogP contribution < -0.4 is 9.80 Å². The Kier molecular flexibility index (Phi) is 14.0. The average Bonchev–Trinajstić information content (AvgIpc) is 2.86. The second kappa shape index (κ2) is 15.6. The van der Waals surface area contributed by atoms with E-state index in [2.05, 4.69) is 9.97 Å². The first-order valence-corrected chi connectivity index (χ1v) is 11.4. The Balaban J connectivity index is 0.00000148. The monoisotopic (exact) mass is 436 g/mol. The minimum atomic E-state index is -0.0592. The summed E-state index contributed by atoms with van der Waals surface area (Å²) < 4.78 is 0. The van der Waals surface area contributed by atoms with Crippen LogP contribution in [0.1, 0.15) is 63.2 Å². The molecule has 0 spiro atoms. The molecule has 3 rings (SSSR count). The molecule has 0 bridgehead atoms. The summed E-state index contributed by atoms with van der Waals surface area (Å²) in [6.07, 6.45) is 1.73. The summed E-state index contributed by atoms with van der Waals surface area (Å²) >= 11 is 0. The average molecular weight is 437 g/mol. The largest absolute Gasteiger partial charge is 0.314 e. The van der Waals surface area contributed by atoms with Gasteiger partial charge in [0.2, 0.25) is 5.95 Å². The summed E-state index contributed by atoms with van der Waals surface area (Å²) in [7, 11) is 3.68. The molecule has 1 amide bonds. The van der Waals surface area contributed by atoms with Crippen molar-refractivity contribution in [3.8, 4) is 0 Å². The van der Waals surface area contributed by atoms with Gasteiger partial charge in [-0.15, -0.1) is 0 Å². The lowest BCUT2D eigenvalue weighted by atomic mass is 10.1. The summed E-state index contributed by atoms with van der Waals surface area (Å²) in [6, 6.07) is 17.2. The minimum Gasteiger partial charge on any atom is -0.314 e. The maximum Gasteiger partial charge on any atom is 0.258 e. The zero-order valence-corrected chi connectivity index (χ0v) is 21.5. The van der Waals surface area contributed by atoms with Crippen molar-refractivity contribution in [1.29, 1.82) is 0 Å². The van der Waals surface area contributed by atoms with Crippen LogP contribution in [0, 0.1) is 13.8 Å². The van der Waals surface area contributed by atoms with Gasteiger partial charge in [-0.05, 0) is 55.8 Å². The number of carbonyl (C=O) groups is 1. The second-order valence-electron chi connectivity index (χ2n) is 6.31. The van der Waals surface area contributed by atoms with E-state index in [9.17, 15) is 4.79 Å². The lowest BCUT2D eigenvalue weighted by Crippen LogP contribution is -2.26. The summed E-state index contributed by atoms with van der Waals surface area (Å²) in [5.74, 6) is 0.539. The first-order valence-electron chi connectivity index (χ1n) is 11.4. The van der Waals surface area contributed by atoms with Gasteiger partial charge in [-0.1, -0.05) is 59.7 Å². The van der Waals surface area contributed by atoms with Crippen molar-refractivity contribution in [2.45, 2.75) is 55.4 Å². The SMILES string of the molecule is CC.CC.CC.Cc1cccc(N(C)C(=O)c2cccc(N(C)c3nccc(C)n3)c2)c1. The predicted octanol–water partition coefficient (Wildman–Crippen LogP) is 7.22. The maximum absolute atomic E-state index is 12.9. The van der Waals surface area contributed by atoms with Gasteiger partial charge in [0.05, 0.1) is 0 Å². The molecule has 0 fully saturated rings. The van der Waals surface area contributed by atoms with Crippen molar-refractivity contribution in [1.82, 2.24) is 9.97 Å². The number of anilines is 3. The number of aromatic nitrogens is 2. The molecule has 3 aromatic rings. The quantitative estimate of drug-likeness (QED) is 0.433. The van der Waals surface area contributed by atoms with E-state index in [-0.39, 0.29) is 5.91 Å². The molecule has 0 saturated heterocycles. The van der Waals surface area contributed by atoms with Gasteiger partial charge in [-0.25, -0.2) is 9.97 Å². The first-order chi connectivity index (χ1) is 15.5. The second-order valence-corrected chi connectivity index (χ2v) is 6.31. The highest BCUT2D eigenvalue weighted by Crippen LogP contribution is 2.23. The number of hydrogen-bond donors (Lipinski definition) is 0. The number of nitrogens with zero attached hydrogens (tertiary/aromatic N) is 4. The number of rotatable bonds is 4. The fourth-order valence-electron chi connectivity index (χ4n) is 2.71. The highest BCUT2D eigenvalue weighted by molar-refractivity contribution is 6.06. The van der Waals surface area contributed by atoms with Gasteiger partial charge < -0.3 is 9.80 Å². The molecule has 0 unspecified atom stereocenters. The van der Waals surface area contributed by atoms with Crippen LogP contribution in [0.3, 0.4) is 0 Å². The highest BCUT2D eigenvalue weighted by atomic mass is 16.2. The van der Waals surface area contributed by atoms with Crippen molar-refractivity contribution < 1.29 is 4.79 Å². The van der Waals surface area contributed by atoms with E-state index in [1.54, 1.807) is 18.1 Å². The number of aryl methyl sites for hydroxylation is 2. The van der Waals surface area contributed by atoms with Crippen LogP contribution in [0.15, 0.2) is 60.8 Å². The molecule has 0 saturated carbocycles. The van der Waals surface area contributed by atoms with Gasteiger partial charge >= 0.3 is 0 Å². The van der Waals surface area contributed by atoms with Gasteiger partial charge in [0.25, 0.3) is 5.91 Å². The summed E-state index contributed by atoms with van der Waals surface area (Å²) in [5, 5.41) is 0. The molecule has 0 atom stereocenters. The molecule has 0 aliphatic rings. The molecule has 174 valence electrons. The summed E-state index contributed by atoms with van der Waals surface area (Å²) in [5.41, 5.74) is 4.36. The van der Waals surface area contributed by atoms with Gasteiger partial charge in [0, 0.05) is 42.9 Å². The zero-order chi connectivity index (χ0) is 24.7. The van der Waals surface area contributed by atoms with Crippen molar-refractivity contribution >= 4 is 23.2 Å². The van der Waals surface area contributed by atoms with Crippen molar-refractivity contribution in [3.05, 3.63) is 77.6 Å². The fraction of sp³-hybridized carbons (Fsp3) is 0.370. The van der Waals surface area contributed by atoms with E-state index in [1.807, 2.05) is 122 Å². The van der Waals surface area contributed by atoms with Crippen molar-refractivity contribution in [2.75, 3.05) is 23.9 Å². The Hall–Kier alpha value is -3.21. The third-order valence-electron chi connectivity index (χ3n) is 4.26. The van der Waals surface area contributed by atoms with Crippen LogP contribution in [-0.4, -0.2) is 30.0 Å². The van der Waals surface area contributed by atoms with Gasteiger partial charge in [-0.2, -0.15) is 0 Å². The molecule has 0 N–H and O–H groups in total. The molecule has 2 aromatic carbocycles. The minimum absolute atomic E-state index is 0.0592. The van der Waals surface area contributed by atoms with E-state index in [1.165, 1.54) is 0 Å². The Labute approximate surface area is 195 Å². The number of benzene rings is 2. The van der Waals surface area contributed by atoms with E-state index in [4.69, 9.17) is 0 Å². The lowest BCUT2D eigenvalue weighted by Gasteiger charge is -2.20. The first kappa shape index (κ1) is 28.8. The van der Waals surface area contributed by atoms with E-state index in [0.717, 1.165) is 22.6 Å². The van der Waals surface area contributed by atoms with E-state index >= 15 is 0 Å². The third-order valence-corrected chi connectivity index (χ3v) is 4.26. The number of amides is 1. The summed E-state index contributed by atoms with van der Waals surface area (Å²) in [4.78, 5) is 25.2. The van der Waals surface area contributed by atoms with Crippen LogP contribution in [0.2, 0.25) is 0 Å². The molecular weight excluding hydrogens is 396 g/mol. The Morgan fingerprint density at radius 1 is 0.781 bits per heavy atom. The Morgan fingerprint density at radius 3 is 1.97 bits per heavy atom. The van der Waals surface area contributed by atoms with Crippen molar-refractivity contribution in [2.24, 2.45) is 0 Å². The third kappa shape index (κ3) is 8.14. The lowest BCUT2D eigenvalue weighted by molar-refractivity contribution is 0.0993. The summed E-state index contributed by atoms with van der Waals surface area (Å²) in [6.45, 7) is 15.9. The van der Waals surface area contributed by atoms with Crippen LogP contribution in [-0.2, 0) is 0 Å². The molecule has 1 heterocycles. The molecular formula is C27H40N4O. The van der Waals surface area contributed by atoms with Gasteiger partial charge in [-0.3, -0.25) is 4.79 Å². The number of carbonyl (C=O) groups excluding carboxylic acids is 1. The molecule has 0 aliphatic carbocycles.